The predicted molar refractivity (Wildman–Crippen MR) is 102 cm³/mol. The van der Waals surface area contributed by atoms with Gasteiger partial charge in [0.25, 0.3) is 5.91 Å². The monoisotopic (exact) mass is 480 g/mol. The summed E-state index contributed by atoms with van der Waals surface area (Å²) in [5.74, 6) is -4.67. The summed E-state index contributed by atoms with van der Waals surface area (Å²) in [5.41, 5.74) is -1.61. The molecular weight excluding hydrogens is 463 g/mol. The zero-order valence-corrected chi connectivity index (χ0v) is 17.2. The van der Waals surface area contributed by atoms with Gasteiger partial charge in [0.2, 0.25) is 10.0 Å². The molecule has 0 saturated heterocycles. The summed E-state index contributed by atoms with van der Waals surface area (Å²) < 4.78 is 95.8. The van der Waals surface area contributed by atoms with Crippen molar-refractivity contribution >= 4 is 27.6 Å². The number of nitrogens with one attached hydrogen (secondary N) is 2. The second-order valence-corrected chi connectivity index (χ2v) is 8.16. The lowest BCUT2D eigenvalue weighted by atomic mass is 10.1. The number of sulfonamides is 1. The summed E-state index contributed by atoms with van der Waals surface area (Å²) in [5, 5.41) is 2.02. The molecule has 0 spiro atoms. The Bertz CT molecular complexity index is 1110. The average molecular weight is 480 g/mol. The highest BCUT2D eigenvalue weighted by Crippen LogP contribution is 2.34. The highest BCUT2D eigenvalue weighted by molar-refractivity contribution is 7.89. The fourth-order valence-corrected chi connectivity index (χ4v) is 3.44. The maximum atomic E-state index is 13.2. The second-order valence-electron chi connectivity index (χ2n) is 6.39. The first-order valence-corrected chi connectivity index (χ1v) is 10.4. The summed E-state index contributed by atoms with van der Waals surface area (Å²) in [7, 11) is -4.25. The number of rotatable bonds is 8. The Morgan fingerprint density at radius 2 is 1.72 bits per heavy atom. The Balaban J connectivity index is 1.89. The molecule has 1 atom stereocenters. The fraction of sp³-hybridized carbons (Fsp3) is 0.263. The molecule has 7 nitrogen and oxygen atoms in total. The van der Waals surface area contributed by atoms with E-state index in [4.69, 9.17) is 4.74 Å². The smallest absolute Gasteiger partial charge is 0.418 e. The third-order valence-electron chi connectivity index (χ3n) is 3.99. The fourth-order valence-electron chi connectivity index (χ4n) is 2.40. The number of anilines is 1. The van der Waals surface area contributed by atoms with Crippen LogP contribution in [0.25, 0.3) is 0 Å². The number of esters is 1. The van der Waals surface area contributed by atoms with Crippen LogP contribution in [-0.4, -0.2) is 32.9 Å². The van der Waals surface area contributed by atoms with Crippen molar-refractivity contribution in [2.75, 3.05) is 11.9 Å². The van der Waals surface area contributed by atoms with Crippen molar-refractivity contribution in [3.8, 4) is 0 Å². The molecule has 1 amide bonds. The minimum atomic E-state index is -4.71. The number of hydrogen-bond donors (Lipinski definition) is 2. The van der Waals surface area contributed by atoms with E-state index in [1.807, 2.05) is 10.0 Å². The van der Waals surface area contributed by atoms with E-state index in [-0.39, 0.29) is 0 Å². The summed E-state index contributed by atoms with van der Waals surface area (Å²) in [6, 6.07) is 6.12. The summed E-state index contributed by atoms with van der Waals surface area (Å²) in [6.45, 7) is 0.625. The van der Waals surface area contributed by atoms with Gasteiger partial charge in [-0.05, 0) is 37.3 Å². The molecular formula is C19H17F5N2O5S. The molecule has 13 heteroatoms. The van der Waals surface area contributed by atoms with E-state index in [1.165, 1.54) is 6.07 Å². The molecule has 32 heavy (non-hydrogen) atoms. The largest absolute Gasteiger partial charge is 0.452 e. The number of carbonyl (C=O) groups is 2. The Hall–Kier alpha value is -3.06. The summed E-state index contributed by atoms with van der Waals surface area (Å²) >= 11 is 0. The molecule has 0 saturated carbocycles. The van der Waals surface area contributed by atoms with Crippen LogP contribution in [0.3, 0.4) is 0 Å². The van der Waals surface area contributed by atoms with E-state index in [0.717, 1.165) is 31.2 Å². The average Bonchev–Trinajstić information content (AvgIpc) is 2.69. The molecule has 0 aliphatic carbocycles. The van der Waals surface area contributed by atoms with Gasteiger partial charge in [0.05, 0.1) is 22.6 Å². The van der Waals surface area contributed by atoms with Gasteiger partial charge < -0.3 is 10.1 Å². The molecule has 0 fully saturated rings. The van der Waals surface area contributed by atoms with E-state index in [2.05, 4.69) is 0 Å². The number of halogens is 5. The minimum Gasteiger partial charge on any atom is -0.452 e. The van der Waals surface area contributed by atoms with Gasteiger partial charge in [-0.25, -0.2) is 21.9 Å². The van der Waals surface area contributed by atoms with Gasteiger partial charge in [-0.3, -0.25) is 9.59 Å². The Morgan fingerprint density at radius 1 is 1.06 bits per heavy atom. The van der Waals surface area contributed by atoms with Gasteiger partial charge in [-0.1, -0.05) is 12.1 Å². The van der Waals surface area contributed by atoms with Gasteiger partial charge in [0.1, 0.15) is 0 Å². The van der Waals surface area contributed by atoms with Gasteiger partial charge in [-0.15, -0.1) is 0 Å². The van der Waals surface area contributed by atoms with Crippen LogP contribution in [0, 0.1) is 11.6 Å². The summed E-state index contributed by atoms with van der Waals surface area (Å²) in [6.07, 6.45) is -6.74. The topological polar surface area (TPSA) is 102 Å². The lowest BCUT2D eigenvalue weighted by molar-refractivity contribution is -0.153. The molecule has 0 aromatic heterocycles. The first-order valence-electron chi connectivity index (χ1n) is 8.92. The number of amides is 1. The number of alkyl halides is 3. The van der Waals surface area contributed by atoms with Crippen LogP contribution >= 0.6 is 0 Å². The minimum absolute atomic E-state index is 0.460. The van der Waals surface area contributed by atoms with Gasteiger partial charge in [0, 0.05) is 6.54 Å². The lowest BCUT2D eigenvalue weighted by Crippen LogP contribution is -2.32. The number of ether oxygens (including phenoxy) is 1. The van der Waals surface area contributed by atoms with Gasteiger partial charge in [-0.2, -0.15) is 13.2 Å². The maximum Gasteiger partial charge on any atom is 0.418 e. The molecule has 2 aromatic carbocycles. The number of carbonyl (C=O) groups excluding carboxylic acids is 2. The standard InChI is InChI=1S/C19H17F5N2O5S/c1-11(18(28)26-16-5-3-2-4-13(16)19(22,23)24)31-17(27)8-9-25-32(29,30)12-6-7-14(20)15(21)10-12/h2-7,10-11,25H,8-9H2,1H3,(H,26,28). The van der Waals surface area contributed by atoms with Gasteiger partial charge in [0.15, 0.2) is 17.7 Å². The van der Waals surface area contributed by atoms with Crippen LogP contribution in [0.15, 0.2) is 47.4 Å². The first-order chi connectivity index (χ1) is 14.8. The van der Waals surface area contributed by atoms with E-state index < -0.39 is 74.9 Å². The van der Waals surface area contributed by atoms with Crippen LogP contribution in [0.4, 0.5) is 27.6 Å². The molecule has 0 radical (unpaired) electrons. The van der Waals surface area contributed by atoms with Crippen LogP contribution in [0.2, 0.25) is 0 Å². The SMILES string of the molecule is CC(OC(=O)CCNS(=O)(=O)c1ccc(F)c(F)c1)C(=O)Nc1ccccc1C(F)(F)F. The molecule has 0 bridgehead atoms. The lowest BCUT2D eigenvalue weighted by Gasteiger charge is -2.17. The Morgan fingerprint density at radius 3 is 2.34 bits per heavy atom. The molecule has 2 aromatic rings. The molecule has 1 unspecified atom stereocenters. The van der Waals surface area contributed by atoms with Crippen LogP contribution in [0.5, 0.6) is 0 Å². The number of para-hydroxylation sites is 1. The highest BCUT2D eigenvalue weighted by atomic mass is 32.2. The molecule has 0 aliphatic heterocycles. The Kier molecular flexibility index (Phi) is 7.91. The van der Waals surface area contributed by atoms with Gasteiger partial charge >= 0.3 is 12.1 Å². The first kappa shape index (κ1) is 25.2. The third-order valence-corrected chi connectivity index (χ3v) is 5.45. The quantitative estimate of drug-likeness (QED) is 0.446. The van der Waals surface area contributed by atoms with Crippen molar-refractivity contribution in [3.63, 3.8) is 0 Å². The highest BCUT2D eigenvalue weighted by Gasteiger charge is 2.34. The third kappa shape index (κ3) is 6.72. The van der Waals surface area contributed by atoms with Crippen LogP contribution in [0.1, 0.15) is 18.9 Å². The van der Waals surface area contributed by atoms with Crippen LogP contribution in [-0.2, 0) is 30.5 Å². The molecule has 0 heterocycles. The second kappa shape index (κ2) is 10.0. The molecule has 2 rings (SSSR count). The predicted octanol–water partition coefficient (Wildman–Crippen LogP) is 3.22. The van der Waals surface area contributed by atoms with E-state index in [9.17, 15) is 40.0 Å². The molecule has 174 valence electrons. The van der Waals surface area contributed by atoms with Crippen molar-refractivity contribution in [3.05, 3.63) is 59.7 Å². The summed E-state index contributed by atoms with van der Waals surface area (Å²) in [4.78, 5) is 23.3. The van der Waals surface area contributed by atoms with Crippen molar-refractivity contribution in [2.45, 2.75) is 30.5 Å². The number of benzene rings is 2. The zero-order chi connectivity index (χ0) is 24.1. The van der Waals surface area contributed by atoms with Crippen molar-refractivity contribution in [2.24, 2.45) is 0 Å². The molecule has 2 N–H and O–H groups in total. The maximum absolute atomic E-state index is 13.2. The van der Waals surface area contributed by atoms with Crippen LogP contribution < -0.4 is 10.0 Å². The normalized spacial score (nSPS) is 12.8. The van der Waals surface area contributed by atoms with Crippen molar-refractivity contribution < 1.29 is 44.7 Å². The Labute approximate surface area is 179 Å². The van der Waals surface area contributed by atoms with E-state index in [0.29, 0.717) is 12.1 Å². The number of hydrogen-bond acceptors (Lipinski definition) is 5. The van der Waals surface area contributed by atoms with Crippen molar-refractivity contribution in [1.29, 1.82) is 0 Å². The van der Waals surface area contributed by atoms with E-state index >= 15 is 0 Å². The van der Waals surface area contributed by atoms with E-state index in [1.54, 1.807) is 0 Å². The zero-order valence-electron chi connectivity index (χ0n) is 16.4. The molecule has 0 aliphatic rings. The van der Waals surface area contributed by atoms with Crippen molar-refractivity contribution in [1.82, 2.24) is 4.72 Å².